The molecule has 4 nitrogen and oxygen atoms in total. The van der Waals surface area contributed by atoms with E-state index in [1.54, 1.807) is 0 Å². The smallest absolute Gasteiger partial charge is 0.158 e. The second kappa shape index (κ2) is 6.52. The van der Waals surface area contributed by atoms with Gasteiger partial charge in [0.2, 0.25) is 0 Å². The van der Waals surface area contributed by atoms with Crippen molar-refractivity contribution in [1.29, 1.82) is 0 Å². The lowest BCUT2D eigenvalue weighted by Gasteiger charge is -2.13. The van der Waals surface area contributed by atoms with Crippen LogP contribution < -0.4 is 0 Å². The molecule has 0 N–H and O–H groups in total. The Labute approximate surface area is 108 Å². The third kappa shape index (κ3) is 3.82. The summed E-state index contributed by atoms with van der Waals surface area (Å²) in [6.07, 6.45) is 1.63. The van der Waals surface area contributed by atoms with Crippen molar-refractivity contribution in [3.05, 3.63) is 35.9 Å². The lowest BCUT2D eigenvalue weighted by molar-refractivity contribution is -0.0450. The highest BCUT2D eigenvalue weighted by atomic mass is 16.7. The van der Waals surface area contributed by atoms with Gasteiger partial charge in [0.05, 0.1) is 18.9 Å². The molecule has 0 aromatic heterocycles. The minimum atomic E-state index is -0.0684. The summed E-state index contributed by atoms with van der Waals surface area (Å²) in [5.74, 6) is 0. The van der Waals surface area contributed by atoms with E-state index in [0.29, 0.717) is 13.2 Å². The van der Waals surface area contributed by atoms with Gasteiger partial charge in [-0.2, -0.15) is 5.10 Å². The maximum atomic E-state index is 5.45. The Morgan fingerprint density at radius 2 is 1.89 bits per heavy atom. The SMILES string of the molecule is CN(C)/N=C(/CCC1OCCO1)c1ccccc1. The molecule has 1 aromatic carbocycles. The second-order valence-electron chi connectivity index (χ2n) is 4.47. The first-order valence-electron chi connectivity index (χ1n) is 6.29. The molecule has 1 fully saturated rings. The van der Waals surface area contributed by atoms with Gasteiger partial charge in [-0.1, -0.05) is 30.3 Å². The van der Waals surface area contributed by atoms with Gasteiger partial charge in [0.25, 0.3) is 0 Å². The van der Waals surface area contributed by atoms with Crippen LogP contribution >= 0.6 is 0 Å². The zero-order valence-electron chi connectivity index (χ0n) is 11.0. The molecule has 0 radical (unpaired) electrons. The fraction of sp³-hybridized carbons (Fsp3) is 0.500. The molecule has 0 amide bonds. The van der Waals surface area contributed by atoms with Crippen LogP contribution in [0, 0.1) is 0 Å². The van der Waals surface area contributed by atoms with Gasteiger partial charge in [-0.3, -0.25) is 0 Å². The molecule has 1 saturated heterocycles. The highest BCUT2D eigenvalue weighted by Crippen LogP contribution is 2.14. The monoisotopic (exact) mass is 248 g/mol. The summed E-state index contributed by atoms with van der Waals surface area (Å²) in [6.45, 7) is 1.41. The normalized spacial score (nSPS) is 17.1. The van der Waals surface area contributed by atoms with Crippen molar-refractivity contribution in [2.24, 2.45) is 5.10 Å². The number of hydrogen-bond acceptors (Lipinski definition) is 4. The molecule has 1 aliphatic rings. The van der Waals surface area contributed by atoms with Crippen LogP contribution in [0.2, 0.25) is 0 Å². The van der Waals surface area contributed by atoms with Crippen LogP contribution in [0.1, 0.15) is 18.4 Å². The first kappa shape index (κ1) is 13.1. The zero-order chi connectivity index (χ0) is 12.8. The fourth-order valence-electron chi connectivity index (χ4n) is 1.95. The first-order valence-corrected chi connectivity index (χ1v) is 6.29. The van der Waals surface area contributed by atoms with Crippen LogP contribution in [0.3, 0.4) is 0 Å². The molecule has 98 valence electrons. The van der Waals surface area contributed by atoms with Crippen molar-refractivity contribution in [1.82, 2.24) is 5.01 Å². The summed E-state index contributed by atoms with van der Waals surface area (Å²) in [5.41, 5.74) is 2.23. The minimum Gasteiger partial charge on any atom is -0.350 e. The van der Waals surface area contributed by atoms with Crippen molar-refractivity contribution in [3.8, 4) is 0 Å². The van der Waals surface area contributed by atoms with Crippen molar-refractivity contribution in [3.63, 3.8) is 0 Å². The van der Waals surface area contributed by atoms with Crippen LogP contribution in [-0.4, -0.2) is 44.3 Å². The third-order valence-electron chi connectivity index (χ3n) is 2.74. The summed E-state index contributed by atoms with van der Waals surface area (Å²) < 4.78 is 10.9. The second-order valence-corrected chi connectivity index (χ2v) is 4.47. The molecule has 18 heavy (non-hydrogen) atoms. The first-order chi connectivity index (χ1) is 8.75. The maximum Gasteiger partial charge on any atom is 0.158 e. The lowest BCUT2D eigenvalue weighted by Crippen LogP contribution is -2.14. The molecule has 0 unspecified atom stereocenters. The molecule has 2 rings (SSSR count). The quantitative estimate of drug-likeness (QED) is 0.591. The summed E-state index contributed by atoms with van der Waals surface area (Å²) in [4.78, 5) is 0. The Kier molecular flexibility index (Phi) is 4.73. The third-order valence-corrected chi connectivity index (χ3v) is 2.74. The van der Waals surface area contributed by atoms with Gasteiger partial charge in [-0.05, 0) is 12.0 Å². The van der Waals surface area contributed by atoms with Crippen molar-refractivity contribution in [2.45, 2.75) is 19.1 Å². The van der Waals surface area contributed by atoms with Gasteiger partial charge in [0.1, 0.15) is 0 Å². The Hall–Kier alpha value is -1.39. The molecule has 0 bridgehead atoms. The molecule has 0 spiro atoms. The number of nitrogens with zero attached hydrogens (tertiary/aromatic N) is 2. The van der Waals surface area contributed by atoms with Crippen molar-refractivity contribution in [2.75, 3.05) is 27.3 Å². The van der Waals surface area contributed by atoms with E-state index in [9.17, 15) is 0 Å². The van der Waals surface area contributed by atoms with Crippen LogP contribution in [0.5, 0.6) is 0 Å². The molecule has 0 saturated carbocycles. The van der Waals surface area contributed by atoms with Crippen LogP contribution in [0.25, 0.3) is 0 Å². The van der Waals surface area contributed by atoms with Gasteiger partial charge in [0.15, 0.2) is 6.29 Å². The minimum absolute atomic E-state index is 0.0684. The Bertz CT molecular complexity index is 384. The van der Waals surface area contributed by atoms with Gasteiger partial charge in [-0.15, -0.1) is 0 Å². The largest absolute Gasteiger partial charge is 0.350 e. The molecule has 1 aliphatic heterocycles. The number of rotatable bonds is 5. The number of hydrazone groups is 1. The average Bonchev–Trinajstić information content (AvgIpc) is 2.88. The van der Waals surface area contributed by atoms with Crippen molar-refractivity contribution < 1.29 is 9.47 Å². The molecule has 0 aliphatic carbocycles. The number of ether oxygens (including phenoxy) is 2. The van der Waals surface area contributed by atoms with E-state index in [4.69, 9.17) is 9.47 Å². The Morgan fingerprint density at radius 3 is 2.50 bits per heavy atom. The molecule has 4 heteroatoms. The average molecular weight is 248 g/mol. The zero-order valence-corrected chi connectivity index (χ0v) is 11.0. The lowest BCUT2D eigenvalue weighted by atomic mass is 10.1. The standard InChI is InChI=1S/C14H20N2O2/c1-16(2)15-13(12-6-4-3-5-7-12)8-9-14-17-10-11-18-14/h3-7,14H,8-11H2,1-2H3/b15-13-. The van der Waals surface area contributed by atoms with E-state index < -0.39 is 0 Å². The van der Waals surface area contributed by atoms with E-state index in [-0.39, 0.29) is 6.29 Å². The predicted molar refractivity (Wildman–Crippen MR) is 71.6 cm³/mol. The Balaban J connectivity index is 2.01. The molecular formula is C14H20N2O2. The van der Waals surface area contributed by atoms with E-state index in [1.807, 2.05) is 37.3 Å². The van der Waals surface area contributed by atoms with Crippen LogP contribution in [0.15, 0.2) is 35.4 Å². The summed E-state index contributed by atoms with van der Waals surface area (Å²) in [6, 6.07) is 10.2. The molecule has 0 atom stereocenters. The molecular weight excluding hydrogens is 228 g/mol. The fourth-order valence-corrected chi connectivity index (χ4v) is 1.95. The number of hydrogen-bond donors (Lipinski definition) is 0. The topological polar surface area (TPSA) is 34.1 Å². The maximum absolute atomic E-state index is 5.45. The van der Waals surface area contributed by atoms with Gasteiger partial charge in [-0.25, -0.2) is 0 Å². The van der Waals surface area contributed by atoms with Crippen LogP contribution in [0.4, 0.5) is 0 Å². The van der Waals surface area contributed by atoms with E-state index in [1.165, 1.54) is 0 Å². The van der Waals surface area contributed by atoms with E-state index in [2.05, 4.69) is 17.2 Å². The predicted octanol–water partition coefficient (Wildman–Crippen LogP) is 2.11. The van der Waals surface area contributed by atoms with Gasteiger partial charge < -0.3 is 14.5 Å². The Morgan fingerprint density at radius 1 is 1.22 bits per heavy atom. The summed E-state index contributed by atoms with van der Waals surface area (Å²) in [7, 11) is 3.87. The van der Waals surface area contributed by atoms with E-state index in [0.717, 1.165) is 24.1 Å². The van der Waals surface area contributed by atoms with Crippen LogP contribution in [-0.2, 0) is 9.47 Å². The summed E-state index contributed by atoms with van der Waals surface area (Å²) >= 11 is 0. The molecule has 1 aromatic rings. The van der Waals surface area contributed by atoms with Gasteiger partial charge in [0, 0.05) is 20.5 Å². The highest BCUT2D eigenvalue weighted by Gasteiger charge is 2.17. The number of benzene rings is 1. The molecule has 1 heterocycles. The summed E-state index contributed by atoms with van der Waals surface area (Å²) in [5, 5.41) is 6.38. The van der Waals surface area contributed by atoms with E-state index >= 15 is 0 Å². The van der Waals surface area contributed by atoms with Crippen molar-refractivity contribution >= 4 is 5.71 Å². The highest BCUT2D eigenvalue weighted by molar-refractivity contribution is 6.00. The van der Waals surface area contributed by atoms with Gasteiger partial charge >= 0.3 is 0 Å².